The second-order valence-corrected chi connectivity index (χ2v) is 5.55. The van der Waals surface area contributed by atoms with Crippen LogP contribution in [0.4, 0.5) is 5.69 Å². The fourth-order valence-electron chi connectivity index (χ4n) is 2.08. The lowest BCUT2D eigenvalue weighted by Gasteiger charge is -2.12. The fraction of sp³-hybridized carbons (Fsp3) is 0.133. The van der Waals surface area contributed by atoms with E-state index >= 15 is 0 Å². The minimum absolute atomic E-state index is 0.903. The van der Waals surface area contributed by atoms with Gasteiger partial charge in [0.1, 0.15) is 5.65 Å². The van der Waals surface area contributed by atoms with Crippen LogP contribution in [0.25, 0.3) is 22.2 Å². The molecule has 1 aromatic carbocycles. The number of rotatable bonds is 2. The third-order valence-corrected chi connectivity index (χ3v) is 3.85. The molecule has 0 fully saturated rings. The summed E-state index contributed by atoms with van der Waals surface area (Å²) < 4.78 is 1.04. The molecule has 2 aromatic heterocycles. The maximum Gasteiger partial charge on any atom is 0.138 e. The Balaban J connectivity index is 2.05. The second kappa shape index (κ2) is 4.70. The zero-order chi connectivity index (χ0) is 13.4. The van der Waals surface area contributed by atoms with Crippen LogP contribution in [0.3, 0.4) is 0 Å². The summed E-state index contributed by atoms with van der Waals surface area (Å²) in [6.45, 7) is 0. The van der Waals surface area contributed by atoms with E-state index in [0.29, 0.717) is 0 Å². The Hall–Kier alpha value is -1.81. The van der Waals surface area contributed by atoms with E-state index < -0.39 is 0 Å². The zero-order valence-electron chi connectivity index (χ0n) is 10.8. The first-order valence-electron chi connectivity index (χ1n) is 6.05. The van der Waals surface area contributed by atoms with Gasteiger partial charge in [0.15, 0.2) is 0 Å². The molecule has 2 heterocycles. The number of hydrogen-bond acceptors (Lipinski definition) is 2. The van der Waals surface area contributed by atoms with Crippen molar-refractivity contribution in [3.05, 3.63) is 47.2 Å². The van der Waals surface area contributed by atoms with E-state index in [4.69, 9.17) is 0 Å². The molecule has 0 unspecified atom stereocenters. The SMILES string of the molecule is CN(C)c1ccc(-c2cnc3[nH]cc(Br)c3c2)cc1. The van der Waals surface area contributed by atoms with Crippen LogP contribution in [0, 0.1) is 0 Å². The molecular weight excluding hydrogens is 302 g/mol. The highest BCUT2D eigenvalue weighted by Crippen LogP contribution is 2.28. The molecule has 0 aliphatic heterocycles. The van der Waals surface area contributed by atoms with Gasteiger partial charge >= 0.3 is 0 Å². The molecule has 0 aliphatic rings. The predicted octanol–water partition coefficient (Wildman–Crippen LogP) is 4.06. The summed E-state index contributed by atoms with van der Waals surface area (Å²) in [5.74, 6) is 0. The van der Waals surface area contributed by atoms with E-state index in [9.17, 15) is 0 Å². The topological polar surface area (TPSA) is 31.9 Å². The van der Waals surface area contributed by atoms with Gasteiger partial charge in [0.2, 0.25) is 0 Å². The quantitative estimate of drug-likeness (QED) is 0.773. The predicted molar refractivity (Wildman–Crippen MR) is 83.6 cm³/mol. The Morgan fingerprint density at radius 2 is 1.84 bits per heavy atom. The number of benzene rings is 1. The van der Waals surface area contributed by atoms with Crippen molar-refractivity contribution >= 4 is 32.7 Å². The molecule has 0 aliphatic carbocycles. The number of nitrogens with zero attached hydrogens (tertiary/aromatic N) is 2. The van der Waals surface area contributed by atoms with Crippen molar-refractivity contribution in [2.24, 2.45) is 0 Å². The monoisotopic (exact) mass is 315 g/mol. The molecule has 1 N–H and O–H groups in total. The van der Waals surface area contributed by atoms with Crippen molar-refractivity contribution in [3.8, 4) is 11.1 Å². The van der Waals surface area contributed by atoms with Crippen molar-refractivity contribution in [1.82, 2.24) is 9.97 Å². The molecule has 0 saturated carbocycles. The maximum atomic E-state index is 4.44. The van der Waals surface area contributed by atoms with Gasteiger partial charge < -0.3 is 9.88 Å². The molecule has 3 rings (SSSR count). The average molecular weight is 316 g/mol. The van der Waals surface area contributed by atoms with Gasteiger partial charge in [-0.25, -0.2) is 4.98 Å². The number of nitrogens with one attached hydrogen (secondary N) is 1. The van der Waals surface area contributed by atoms with Gasteiger partial charge in [0, 0.05) is 47.6 Å². The summed E-state index contributed by atoms with van der Waals surface area (Å²) in [5.41, 5.74) is 4.40. The van der Waals surface area contributed by atoms with Crippen LogP contribution in [0.15, 0.2) is 47.2 Å². The summed E-state index contributed by atoms with van der Waals surface area (Å²) in [4.78, 5) is 9.66. The molecule has 96 valence electrons. The van der Waals surface area contributed by atoms with Gasteiger partial charge in [-0.1, -0.05) is 12.1 Å². The lowest BCUT2D eigenvalue weighted by atomic mass is 10.1. The minimum atomic E-state index is 0.903. The van der Waals surface area contributed by atoms with Crippen LogP contribution in [-0.2, 0) is 0 Å². The Kier molecular flexibility index (Phi) is 3.03. The number of halogens is 1. The van der Waals surface area contributed by atoms with E-state index in [2.05, 4.69) is 61.1 Å². The highest BCUT2D eigenvalue weighted by atomic mass is 79.9. The summed E-state index contributed by atoms with van der Waals surface area (Å²) in [7, 11) is 4.08. The molecule has 0 amide bonds. The van der Waals surface area contributed by atoms with Gasteiger partial charge in [-0.05, 0) is 39.7 Å². The normalized spacial score (nSPS) is 10.9. The lowest BCUT2D eigenvalue weighted by Crippen LogP contribution is -2.07. The van der Waals surface area contributed by atoms with E-state index in [-0.39, 0.29) is 0 Å². The summed E-state index contributed by atoms with van der Waals surface area (Å²) >= 11 is 3.53. The van der Waals surface area contributed by atoms with E-state index in [1.165, 1.54) is 11.3 Å². The van der Waals surface area contributed by atoms with Crippen LogP contribution in [0.5, 0.6) is 0 Å². The molecule has 3 aromatic rings. The van der Waals surface area contributed by atoms with E-state index in [0.717, 1.165) is 21.1 Å². The first-order valence-corrected chi connectivity index (χ1v) is 6.85. The van der Waals surface area contributed by atoms with Crippen molar-refractivity contribution in [2.75, 3.05) is 19.0 Å². The molecule has 19 heavy (non-hydrogen) atoms. The summed E-state index contributed by atoms with van der Waals surface area (Å²) in [5, 5.41) is 1.11. The van der Waals surface area contributed by atoms with Crippen LogP contribution in [-0.4, -0.2) is 24.1 Å². The first-order chi connectivity index (χ1) is 9.15. The summed E-state index contributed by atoms with van der Waals surface area (Å²) in [6, 6.07) is 10.6. The lowest BCUT2D eigenvalue weighted by molar-refractivity contribution is 1.13. The van der Waals surface area contributed by atoms with Gasteiger partial charge in [0.25, 0.3) is 0 Å². The second-order valence-electron chi connectivity index (χ2n) is 4.70. The average Bonchev–Trinajstić information content (AvgIpc) is 2.80. The van der Waals surface area contributed by atoms with Crippen molar-refractivity contribution in [2.45, 2.75) is 0 Å². The summed E-state index contributed by atoms with van der Waals surface area (Å²) in [6.07, 6.45) is 3.81. The van der Waals surface area contributed by atoms with Crippen LogP contribution >= 0.6 is 15.9 Å². The van der Waals surface area contributed by atoms with E-state index in [1.807, 2.05) is 26.5 Å². The molecule has 0 radical (unpaired) electrons. The molecule has 0 atom stereocenters. The third kappa shape index (κ3) is 2.24. The molecule has 0 saturated heterocycles. The zero-order valence-corrected chi connectivity index (χ0v) is 12.4. The number of aromatic nitrogens is 2. The number of pyridine rings is 1. The standard InChI is InChI=1S/C15H14BrN3/c1-19(2)12-5-3-10(4-6-12)11-7-13-14(16)9-18-15(13)17-8-11/h3-9H,1-2H3,(H,17,18). The molecule has 0 spiro atoms. The van der Waals surface area contributed by atoms with Crippen LogP contribution in [0.2, 0.25) is 0 Å². The highest BCUT2D eigenvalue weighted by Gasteiger charge is 2.05. The Bertz CT molecular complexity index is 714. The van der Waals surface area contributed by atoms with Gasteiger partial charge in [-0.3, -0.25) is 0 Å². The van der Waals surface area contributed by atoms with Gasteiger partial charge in [-0.2, -0.15) is 0 Å². The molecular formula is C15H14BrN3. The van der Waals surface area contributed by atoms with Crippen LogP contribution in [0.1, 0.15) is 0 Å². The van der Waals surface area contributed by atoms with Gasteiger partial charge in [-0.15, -0.1) is 0 Å². The third-order valence-electron chi connectivity index (χ3n) is 3.20. The van der Waals surface area contributed by atoms with Crippen molar-refractivity contribution in [3.63, 3.8) is 0 Å². The Morgan fingerprint density at radius 3 is 2.53 bits per heavy atom. The maximum absolute atomic E-state index is 4.44. The number of hydrogen-bond donors (Lipinski definition) is 1. The minimum Gasteiger partial charge on any atom is -0.378 e. The smallest absolute Gasteiger partial charge is 0.138 e. The fourth-order valence-corrected chi connectivity index (χ4v) is 2.50. The van der Waals surface area contributed by atoms with Gasteiger partial charge in [0.05, 0.1) is 0 Å². The number of H-pyrrole nitrogens is 1. The Morgan fingerprint density at radius 1 is 1.11 bits per heavy atom. The highest BCUT2D eigenvalue weighted by molar-refractivity contribution is 9.10. The molecule has 3 nitrogen and oxygen atoms in total. The molecule has 0 bridgehead atoms. The van der Waals surface area contributed by atoms with Crippen LogP contribution < -0.4 is 4.90 Å². The number of aromatic amines is 1. The number of anilines is 1. The van der Waals surface area contributed by atoms with Crippen molar-refractivity contribution in [1.29, 1.82) is 0 Å². The Labute approximate surface area is 120 Å². The van der Waals surface area contributed by atoms with Crippen molar-refractivity contribution < 1.29 is 0 Å². The van der Waals surface area contributed by atoms with E-state index in [1.54, 1.807) is 0 Å². The first kappa shape index (κ1) is 12.2. The molecule has 4 heteroatoms. The number of fused-ring (bicyclic) bond motifs is 1. The largest absolute Gasteiger partial charge is 0.378 e.